The molecule has 6 nitrogen and oxygen atoms in total. The van der Waals surface area contributed by atoms with Gasteiger partial charge in [-0.2, -0.15) is 0 Å². The second-order valence-electron chi connectivity index (χ2n) is 5.55. The van der Waals surface area contributed by atoms with Crippen LogP contribution in [0, 0.1) is 0 Å². The number of rotatable bonds is 3. The molecule has 1 aromatic carbocycles. The van der Waals surface area contributed by atoms with Crippen molar-refractivity contribution in [3.63, 3.8) is 0 Å². The van der Waals surface area contributed by atoms with Gasteiger partial charge in [0.15, 0.2) is 6.10 Å². The van der Waals surface area contributed by atoms with Gasteiger partial charge in [-0.15, -0.1) is 0 Å². The highest BCUT2D eigenvalue weighted by molar-refractivity contribution is 5.79. The van der Waals surface area contributed by atoms with Gasteiger partial charge in [-0.3, -0.25) is 4.79 Å². The van der Waals surface area contributed by atoms with Crippen LogP contribution in [0.25, 0.3) is 0 Å². The standard InChI is InChI=1S/C16H19NO5/c18-15(17-6-8-22-14(10-17)16(19)20)9-13-12-4-2-1-3-11(12)5-7-21-13/h1-4,13-14H,5-10H2,(H,19,20)/t13-,14-/m0/s1. The number of amides is 1. The molecule has 0 saturated carbocycles. The number of morpholine rings is 1. The van der Waals surface area contributed by atoms with Crippen molar-refractivity contribution in [3.8, 4) is 0 Å². The summed E-state index contributed by atoms with van der Waals surface area (Å²) in [5.41, 5.74) is 2.28. The molecule has 118 valence electrons. The predicted octanol–water partition coefficient (Wildman–Crippen LogP) is 1.00. The van der Waals surface area contributed by atoms with Crippen LogP contribution >= 0.6 is 0 Å². The molecule has 6 heteroatoms. The summed E-state index contributed by atoms with van der Waals surface area (Å²) >= 11 is 0. The Morgan fingerprint density at radius 2 is 2.05 bits per heavy atom. The van der Waals surface area contributed by atoms with Gasteiger partial charge >= 0.3 is 5.97 Å². The number of hydrogen-bond acceptors (Lipinski definition) is 4. The fourth-order valence-electron chi connectivity index (χ4n) is 2.96. The summed E-state index contributed by atoms with van der Waals surface area (Å²) in [5.74, 6) is -1.12. The summed E-state index contributed by atoms with van der Waals surface area (Å²) in [6.45, 7) is 1.39. The zero-order valence-corrected chi connectivity index (χ0v) is 12.2. The lowest BCUT2D eigenvalue weighted by molar-refractivity contribution is -0.160. The highest BCUT2D eigenvalue weighted by atomic mass is 16.5. The number of carbonyl (C=O) groups is 2. The molecule has 3 rings (SSSR count). The number of fused-ring (bicyclic) bond motifs is 1. The first-order valence-corrected chi connectivity index (χ1v) is 7.46. The minimum absolute atomic E-state index is 0.0868. The molecule has 0 radical (unpaired) electrons. The molecule has 0 aliphatic carbocycles. The van der Waals surface area contributed by atoms with E-state index in [-0.39, 0.29) is 31.6 Å². The van der Waals surface area contributed by atoms with Crippen molar-refractivity contribution in [3.05, 3.63) is 35.4 Å². The van der Waals surface area contributed by atoms with Crippen molar-refractivity contribution in [2.75, 3.05) is 26.3 Å². The number of ether oxygens (including phenoxy) is 2. The zero-order valence-electron chi connectivity index (χ0n) is 12.2. The third-order valence-electron chi connectivity index (χ3n) is 4.15. The number of carboxylic acids is 1. The minimum atomic E-state index is -1.03. The highest BCUT2D eigenvalue weighted by Gasteiger charge is 2.31. The summed E-state index contributed by atoms with van der Waals surface area (Å²) in [5, 5.41) is 9.00. The molecule has 2 heterocycles. The Balaban J connectivity index is 1.66. The Morgan fingerprint density at radius 3 is 2.86 bits per heavy atom. The average molecular weight is 305 g/mol. The smallest absolute Gasteiger partial charge is 0.334 e. The second-order valence-corrected chi connectivity index (χ2v) is 5.55. The number of hydrogen-bond donors (Lipinski definition) is 1. The van der Waals surface area contributed by atoms with Crippen LogP contribution in [0.4, 0.5) is 0 Å². The van der Waals surface area contributed by atoms with E-state index < -0.39 is 12.1 Å². The maximum absolute atomic E-state index is 12.4. The van der Waals surface area contributed by atoms with Crippen molar-refractivity contribution in [1.82, 2.24) is 4.90 Å². The molecule has 1 aromatic rings. The summed E-state index contributed by atoms with van der Waals surface area (Å²) in [4.78, 5) is 25.0. The topological polar surface area (TPSA) is 76.1 Å². The Kier molecular flexibility index (Phi) is 4.40. The molecule has 2 atom stereocenters. The van der Waals surface area contributed by atoms with Crippen molar-refractivity contribution >= 4 is 11.9 Å². The van der Waals surface area contributed by atoms with Crippen molar-refractivity contribution in [2.24, 2.45) is 0 Å². The van der Waals surface area contributed by atoms with E-state index in [0.29, 0.717) is 13.2 Å². The minimum Gasteiger partial charge on any atom is -0.479 e. The number of nitrogens with zero attached hydrogens (tertiary/aromatic N) is 1. The Labute approximate surface area is 128 Å². The SMILES string of the molecule is O=C(O)[C@@H]1CN(C(=O)C[C@@H]2OCCc3ccccc32)CCO1. The van der Waals surface area contributed by atoms with E-state index in [9.17, 15) is 9.59 Å². The van der Waals surface area contributed by atoms with Gasteiger partial charge in [0.1, 0.15) is 0 Å². The van der Waals surface area contributed by atoms with Crippen LogP contribution in [-0.4, -0.2) is 54.3 Å². The fraction of sp³-hybridized carbons (Fsp3) is 0.500. The van der Waals surface area contributed by atoms with Crippen LogP contribution in [0.15, 0.2) is 24.3 Å². The fourth-order valence-corrected chi connectivity index (χ4v) is 2.96. The third kappa shape index (κ3) is 3.13. The van der Waals surface area contributed by atoms with Gasteiger partial charge in [0.05, 0.1) is 32.3 Å². The van der Waals surface area contributed by atoms with Crippen LogP contribution in [0.1, 0.15) is 23.7 Å². The van der Waals surface area contributed by atoms with Crippen LogP contribution in [-0.2, 0) is 25.5 Å². The van der Waals surface area contributed by atoms with Gasteiger partial charge < -0.3 is 19.5 Å². The average Bonchev–Trinajstić information content (AvgIpc) is 2.55. The first kappa shape index (κ1) is 15.0. The summed E-state index contributed by atoms with van der Waals surface area (Å²) < 4.78 is 10.9. The molecule has 2 aliphatic heterocycles. The van der Waals surface area contributed by atoms with E-state index in [1.165, 1.54) is 5.56 Å². The summed E-state index contributed by atoms with van der Waals surface area (Å²) in [6.07, 6.45) is -0.0797. The normalized spacial score (nSPS) is 24.6. The zero-order chi connectivity index (χ0) is 15.5. The molecule has 1 fully saturated rings. The van der Waals surface area contributed by atoms with Gasteiger partial charge in [-0.1, -0.05) is 24.3 Å². The number of carboxylic acid groups (broad SMARTS) is 1. The van der Waals surface area contributed by atoms with Crippen LogP contribution < -0.4 is 0 Å². The van der Waals surface area contributed by atoms with Crippen molar-refractivity contribution in [2.45, 2.75) is 25.0 Å². The monoisotopic (exact) mass is 305 g/mol. The Morgan fingerprint density at radius 1 is 1.23 bits per heavy atom. The molecule has 0 unspecified atom stereocenters. The maximum Gasteiger partial charge on any atom is 0.334 e. The lowest BCUT2D eigenvalue weighted by atomic mass is 9.95. The summed E-state index contributed by atoms with van der Waals surface area (Å²) in [7, 11) is 0. The third-order valence-corrected chi connectivity index (χ3v) is 4.15. The molecule has 2 aliphatic rings. The molecule has 22 heavy (non-hydrogen) atoms. The van der Waals surface area contributed by atoms with Crippen molar-refractivity contribution < 1.29 is 24.2 Å². The first-order valence-electron chi connectivity index (χ1n) is 7.46. The number of benzene rings is 1. The van der Waals surface area contributed by atoms with Gasteiger partial charge in [0, 0.05) is 6.54 Å². The van der Waals surface area contributed by atoms with Crippen molar-refractivity contribution in [1.29, 1.82) is 0 Å². The lowest BCUT2D eigenvalue weighted by Crippen LogP contribution is -2.48. The van der Waals surface area contributed by atoms with E-state index in [0.717, 1.165) is 12.0 Å². The highest BCUT2D eigenvalue weighted by Crippen LogP contribution is 2.30. The van der Waals surface area contributed by atoms with Crippen LogP contribution in [0.5, 0.6) is 0 Å². The predicted molar refractivity (Wildman–Crippen MR) is 77.4 cm³/mol. The molecule has 0 spiro atoms. The Hall–Kier alpha value is -1.92. The molecule has 1 amide bonds. The van der Waals surface area contributed by atoms with E-state index >= 15 is 0 Å². The summed E-state index contributed by atoms with van der Waals surface area (Å²) in [6, 6.07) is 7.99. The lowest BCUT2D eigenvalue weighted by Gasteiger charge is -2.33. The molecular formula is C16H19NO5. The quantitative estimate of drug-likeness (QED) is 0.901. The van der Waals surface area contributed by atoms with E-state index in [1.54, 1.807) is 4.90 Å². The first-order chi connectivity index (χ1) is 10.6. The Bertz CT molecular complexity index is 573. The largest absolute Gasteiger partial charge is 0.479 e. The van der Waals surface area contributed by atoms with Gasteiger partial charge in [-0.05, 0) is 17.5 Å². The molecule has 0 aromatic heterocycles. The van der Waals surface area contributed by atoms with E-state index in [1.807, 2.05) is 18.2 Å². The van der Waals surface area contributed by atoms with Gasteiger partial charge in [0.25, 0.3) is 0 Å². The molecule has 1 saturated heterocycles. The van der Waals surface area contributed by atoms with E-state index in [4.69, 9.17) is 14.6 Å². The second kappa shape index (κ2) is 6.46. The van der Waals surface area contributed by atoms with Gasteiger partial charge in [-0.25, -0.2) is 4.79 Å². The van der Waals surface area contributed by atoms with Crippen LogP contribution in [0.2, 0.25) is 0 Å². The van der Waals surface area contributed by atoms with E-state index in [2.05, 4.69) is 6.07 Å². The molecular weight excluding hydrogens is 286 g/mol. The van der Waals surface area contributed by atoms with Gasteiger partial charge in [0.2, 0.25) is 5.91 Å². The molecule has 1 N–H and O–H groups in total. The molecule has 0 bridgehead atoms. The van der Waals surface area contributed by atoms with Crippen LogP contribution in [0.3, 0.4) is 0 Å². The maximum atomic E-state index is 12.4. The number of carbonyl (C=O) groups excluding carboxylic acids is 1. The number of aliphatic carboxylic acids is 1.